The van der Waals surface area contributed by atoms with E-state index in [1.54, 1.807) is 0 Å². The van der Waals surface area contributed by atoms with Crippen molar-refractivity contribution in [2.45, 2.75) is 6.61 Å². The predicted molar refractivity (Wildman–Crippen MR) is 60.0 cm³/mol. The molecule has 0 unspecified atom stereocenters. The summed E-state index contributed by atoms with van der Waals surface area (Å²) in [5, 5.41) is 2.21. The highest BCUT2D eigenvalue weighted by atomic mass is 35.5. The second-order valence-corrected chi connectivity index (χ2v) is 3.47. The Morgan fingerprint density at radius 2 is 1.87 bits per heavy atom. The molecule has 0 atom stereocenters. The largest absolute Gasteiger partial charge is 0.449 e. The molecule has 0 radical (unpaired) electrons. The van der Waals surface area contributed by atoms with Gasteiger partial charge in [-0.15, -0.1) is 0 Å². The van der Waals surface area contributed by atoms with Gasteiger partial charge >= 0.3 is 5.43 Å². The minimum Gasteiger partial charge on any atom is -0.449 e. The van der Waals surface area contributed by atoms with Crippen LogP contribution in [0.25, 0.3) is 10.8 Å². The van der Waals surface area contributed by atoms with E-state index in [2.05, 4.69) is 0 Å². The normalized spacial score (nSPS) is 10.2. The van der Waals surface area contributed by atoms with Crippen LogP contribution in [0.2, 0.25) is 0 Å². The second-order valence-electron chi connectivity index (χ2n) is 3.16. The summed E-state index contributed by atoms with van der Waals surface area (Å²) in [7, 11) is 0. The summed E-state index contributed by atoms with van der Waals surface area (Å²) in [6.07, 6.45) is 0. The molecule has 3 heteroatoms. The van der Waals surface area contributed by atoms with E-state index in [1.807, 2.05) is 42.5 Å². The van der Waals surface area contributed by atoms with Crippen molar-refractivity contribution in [2.24, 2.45) is 0 Å². The van der Waals surface area contributed by atoms with Crippen LogP contribution in [0.4, 0.5) is 4.79 Å². The van der Waals surface area contributed by atoms with Crippen LogP contribution in [0.1, 0.15) is 5.56 Å². The van der Waals surface area contributed by atoms with Crippen LogP contribution >= 0.6 is 11.6 Å². The fourth-order valence-corrected chi connectivity index (χ4v) is 1.61. The van der Waals surface area contributed by atoms with Crippen molar-refractivity contribution in [1.29, 1.82) is 0 Å². The molecule has 0 amide bonds. The molecule has 0 heterocycles. The molecule has 0 aliphatic rings. The standard InChI is InChI=1S/C12H9ClO2/c13-12(14)15-8-10-6-3-5-9-4-1-2-7-11(9)10/h1-7H,8H2. The molecule has 2 nitrogen and oxygen atoms in total. The van der Waals surface area contributed by atoms with Crippen LogP contribution in [0, 0.1) is 0 Å². The van der Waals surface area contributed by atoms with Gasteiger partial charge in [-0.05, 0) is 16.3 Å². The summed E-state index contributed by atoms with van der Waals surface area (Å²) in [5.74, 6) is 0. The number of hydrogen-bond donors (Lipinski definition) is 0. The molecule has 0 saturated heterocycles. The van der Waals surface area contributed by atoms with Gasteiger partial charge in [0, 0.05) is 11.6 Å². The quantitative estimate of drug-likeness (QED) is 0.721. The summed E-state index contributed by atoms with van der Waals surface area (Å²) >= 11 is 5.12. The third kappa shape index (κ3) is 2.28. The number of carbonyl (C=O) groups excluding carboxylic acids is 1. The number of ether oxygens (including phenoxy) is 1. The van der Waals surface area contributed by atoms with Crippen molar-refractivity contribution in [1.82, 2.24) is 0 Å². The molecule has 76 valence electrons. The van der Waals surface area contributed by atoms with Crippen molar-refractivity contribution in [3.05, 3.63) is 48.0 Å². The Morgan fingerprint density at radius 1 is 1.13 bits per heavy atom. The van der Waals surface area contributed by atoms with Gasteiger partial charge in [-0.25, -0.2) is 4.79 Å². The Morgan fingerprint density at radius 3 is 2.67 bits per heavy atom. The summed E-state index contributed by atoms with van der Waals surface area (Å²) < 4.78 is 4.76. The Bertz CT molecular complexity index is 488. The van der Waals surface area contributed by atoms with Gasteiger partial charge in [0.2, 0.25) is 0 Å². The zero-order valence-electron chi connectivity index (χ0n) is 7.94. The molecule has 0 N–H and O–H groups in total. The highest BCUT2D eigenvalue weighted by Crippen LogP contribution is 2.19. The fraction of sp³-hybridized carbons (Fsp3) is 0.0833. The van der Waals surface area contributed by atoms with E-state index in [1.165, 1.54) is 0 Å². The van der Waals surface area contributed by atoms with Gasteiger partial charge in [0.1, 0.15) is 6.61 Å². The number of benzene rings is 2. The van der Waals surface area contributed by atoms with Crippen LogP contribution in [-0.2, 0) is 11.3 Å². The van der Waals surface area contributed by atoms with Gasteiger partial charge in [-0.1, -0.05) is 42.5 Å². The number of hydrogen-bond acceptors (Lipinski definition) is 2. The molecular formula is C12H9ClO2. The molecule has 0 fully saturated rings. The first-order chi connectivity index (χ1) is 7.27. The fourth-order valence-electron chi connectivity index (χ4n) is 1.55. The predicted octanol–water partition coefficient (Wildman–Crippen LogP) is 3.72. The van der Waals surface area contributed by atoms with E-state index in [-0.39, 0.29) is 6.61 Å². The van der Waals surface area contributed by atoms with Crippen molar-refractivity contribution in [2.75, 3.05) is 0 Å². The van der Waals surface area contributed by atoms with Crippen molar-refractivity contribution >= 4 is 27.8 Å². The van der Waals surface area contributed by atoms with E-state index in [4.69, 9.17) is 16.3 Å². The average Bonchev–Trinajstić information content (AvgIpc) is 2.26. The number of carbonyl (C=O) groups is 1. The number of fused-ring (bicyclic) bond motifs is 1. The van der Waals surface area contributed by atoms with Gasteiger partial charge < -0.3 is 4.74 Å². The van der Waals surface area contributed by atoms with Crippen molar-refractivity contribution in [3.8, 4) is 0 Å². The molecule has 0 aliphatic heterocycles. The molecule has 0 aromatic heterocycles. The van der Waals surface area contributed by atoms with Crippen molar-refractivity contribution < 1.29 is 9.53 Å². The maximum atomic E-state index is 10.5. The van der Waals surface area contributed by atoms with Crippen LogP contribution in [0.3, 0.4) is 0 Å². The summed E-state index contributed by atoms with van der Waals surface area (Å²) in [6, 6.07) is 13.8. The molecule has 2 aromatic rings. The molecular weight excluding hydrogens is 212 g/mol. The lowest BCUT2D eigenvalue weighted by Gasteiger charge is -2.05. The van der Waals surface area contributed by atoms with E-state index >= 15 is 0 Å². The Balaban J connectivity index is 2.38. The third-order valence-corrected chi connectivity index (χ3v) is 2.33. The Labute approximate surface area is 92.4 Å². The smallest absolute Gasteiger partial charge is 0.404 e. The van der Waals surface area contributed by atoms with Crippen LogP contribution < -0.4 is 0 Å². The minimum absolute atomic E-state index is 0.212. The van der Waals surface area contributed by atoms with E-state index < -0.39 is 5.43 Å². The summed E-state index contributed by atoms with van der Waals surface area (Å²) in [6.45, 7) is 0.212. The van der Waals surface area contributed by atoms with Crippen LogP contribution in [0.5, 0.6) is 0 Å². The Hall–Kier alpha value is -1.54. The van der Waals surface area contributed by atoms with Gasteiger partial charge in [0.05, 0.1) is 0 Å². The topological polar surface area (TPSA) is 26.3 Å². The highest BCUT2D eigenvalue weighted by Gasteiger charge is 2.02. The average molecular weight is 221 g/mol. The number of halogens is 1. The van der Waals surface area contributed by atoms with E-state index in [0.29, 0.717) is 0 Å². The molecule has 2 rings (SSSR count). The molecule has 0 aliphatic carbocycles. The van der Waals surface area contributed by atoms with Gasteiger partial charge in [-0.2, -0.15) is 0 Å². The molecule has 2 aromatic carbocycles. The monoisotopic (exact) mass is 220 g/mol. The highest BCUT2D eigenvalue weighted by molar-refractivity contribution is 6.61. The first-order valence-electron chi connectivity index (χ1n) is 4.56. The summed E-state index contributed by atoms with van der Waals surface area (Å²) in [5.41, 5.74) is 0.185. The second kappa shape index (κ2) is 4.32. The van der Waals surface area contributed by atoms with Gasteiger partial charge in [0.25, 0.3) is 0 Å². The van der Waals surface area contributed by atoms with Crippen molar-refractivity contribution in [3.63, 3.8) is 0 Å². The first kappa shape index (κ1) is 9.99. The zero-order valence-corrected chi connectivity index (χ0v) is 8.70. The van der Waals surface area contributed by atoms with Gasteiger partial charge in [0.15, 0.2) is 0 Å². The maximum absolute atomic E-state index is 10.5. The third-order valence-electron chi connectivity index (χ3n) is 2.22. The SMILES string of the molecule is O=C(Cl)OCc1cccc2ccccc12. The summed E-state index contributed by atoms with van der Waals surface area (Å²) in [4.78, 5) is 10.5. The first-order valence-corrected chi connectivity index (χ1v) is 4.94. The van der Waals surface area contributed by atoms with Gasteiger partial charge in [-0.3, -0.25) is 0 Å². The molecule has 0 spiro atoms. The zero-order chi connectivity index (χ0) is 10.7. The number of rotatable bonds is 2. The van der Waals surface area contributed by atoms with E-state index in [0.717, 1.165) is 16.3 Å². The molecule has 15 heavy (non-hydrogen) atoms. The molecule has 0 saturated carbocycles. The molecule has 0 bridgehead atoms. The van der Waals surface area contributed by atoms with Crippen LogP contribution in [-0.4, -0.2) is 5.43 Å². The lowest BCUT2D eigenvalue weighted by molar-refractivity contribution is 0.167. The lowest BCUT2D eigenvalue weighted by atomic mass is 10.1. The maximum Gasteiger partial charge on any atom is 0.404 e. The minimum atomic E-state index is -0.775. The van der Waals surface area contributed by atoms with Crippen LogP contribution in [0.15, 0.2) is 42.5 Å². The Kier molecular flexibility index (Phi) is 2.88. The van der Waals surface area contributed by atoms with E-state index in [9.17, 15) is 4.79 Å². The lowest BCUT2D eigenvalue weighted by Crippen LogP contribution is -1.95.